The Bertz CT molecular complexity index is 757. The number of aryl methyl sites for hydroxylation is 1. The van der Waals surface area contributed by atoms with E-state index in [2.05, 4.69) is 12.2 Å². The molecule has 0 amide bonds. The zero-order valence-corrected chi connectivity index (χ0v) is 12.0. The molecule has 3 heterocycles. The lowest BCUT2D eigenvalue weighted by Gasteiger charge is -2.19. The molecule has 4 heteroatoms. The Labute approximate surface area is 123 Å². The van der Waals surface area contributed by atoms with Crippen molar-refractivity contribution in [2.75, 3.05) is 6.54 Å². The maximum atomic E-state index is 5.90. The van der Waals surface area contributed by atoms with Gasteiger partial charge in [0.1, 0.15) is 5.58 Å². The highest BCUT2D eigenvalue weighted by atomic mass is 16.3. The van der Waals surface area contributed by atoms with Gasteiger partial charge in [0, 0.05) is 36.2 Å². The van der Waals surface area contributed by atoms with Crippen molar-refractivity contribution < 1.29 is 4.42 Å². The van der Waals surface area contributed by atoms with E-state index in [1.165, 1.54) is 5.56 Å². The van der Waals surface area contributed by atoms with Crippen LogP contribution in [0.1, 0.15) is 23.9 Å². The van der Waals surface area contributed by atoms with Gasteiger partial charge in [0.25, 0.3) is 0 Å². The molecule has 0 saturated carbocycles. The first-order valence-electron chi connectivity index (χ1n) is 7.43. The van der Waals surface area contributed by atoms with Gasteiger partial charge in [0.05, 0.1) is 5.69 Å². The van der Waals surface area contributed by atoms with Crippen molar-refractivity contribution in [1.29, 1.82) is 0 Å². The van der Waals surface area contributed by atoms with Crippen LogP contribution in [0.4, 0.5) is 0 Å². The Balaban J connectivity index is 1.87. The fourth-order valence-electron chi connectivity index (χ4n) is 2.91. The van der Waals surface area contributed by atoms with Gasteiger partial charge in [-0.25, -0.2) is 9.97 Å². The van der Waals surface area contributed by atoms with Crippen molar-refractivity contribution in [1.82, 2.24) is 15.3 Å². The summed E-state index contributed by atoms with van der Waals surface area (Å²) >= 11 is 0. The maximum Gasteiger partial charge on any atom is 0.196 e. The topological polar surface area (TPSA) is 51.0 Å². The van der Waals surface area contributed by atoms with E-state index < -0.39 is 0 Å². The quantitative estimate of drug-likeness (QED) is 0.783. The van der Waals surface area contributed by atoms with Crippen LogP contribution >= 0.6 is 0 Å². The molecule has 1 N–H and O–H groups in total. The van der Waals surface area contributed by atoms with Crippen molar-refractivity contribution in [3.63, 3.8) is 0 Å². The molecule has 0 unspecified atom stereocenters. The molecule has 106 valence electrons. The highest BCUT2D eigenvalue weighted by Gasteiger charge is 2.18. The van der Waals surface area contributed by atoms with Crippen LogP contribution in [0, 0.1) is 0 Å². The summed E-state index contributed by atoms with van der Waals surface area (Å²) in [7, 11) is 0. The minimum absolute atomic E-state index is 0.712. The second-order valence-corrected chi connectivity index (χ2v) is 5.35. The third-order valence-corrected chi connectivity index (χ3v) is 4.00. The molecule has 0 atom stereocenters. The summed E-state index contributed by atoms with van der Waals surface area (Å²) in [6, 6.07) is 10.0. The Hall–Kier alpha value is -2.20. The summed E-state index contributed by atoms with van der Waals surface area (Å²) in [4.78, 5) is 9.47. The third-order valence-electron chi connectivity index (χ3n) is 4.00. The largest absolute Gasteiger partial charge is 0.453 e. The van der Waals surface area contributed by atoms with Gasteiger partial charge in [-0.15, -0.1) is 0 Å². The lowest BCUT2D eigenvalue weighted by Crippen LogP contribution is -2.26. The van der Waals surface area contributed by atoms with Gasteiger partial charge in [0.15, 0.2) is 11.6 Å². The number of benzene rings is 1. The summed E-state index contributed by atoms with van der Waals surface area (Å²) in [6.07, 6.45) is 1.87. The van der Waals surface area contributed by atoms with Crippen molar-refractivity contribution in [2.45, 2.75) is 26.3 Å². The molecule has 4 rings (SSSR count). The molecule has 3 aromatic rings. The Kier molecular flexibility index (Phi) is 2.97. The summed E-state index contributed by atoms with van der Waals surface area (Å²) in [6.45, 7) is 3.99. The van der Waals surface area contributed by atoms with Crippen LogP contribution in [0.2, 0.25) is 0 Å². The number of nitrogens with one attached hydrogen (secondary N) is 1. The molecule has 4 nitrogen and oxygen atoms in total. The van der Waals surface area contributed by atoms with E-state index in [4.69, 9.17) is 14.4 Å². The monoisotopic (exact) mass is 279 g/mol. The Morgan fingerprint density at radius 3 is 3.00 bits per heavy atom. The number of nitrogens with zero attached hydrogens (tertiary/aromatic N) is 2. The Morgan fingerprint density at radius 1 is 1.24 bits per heavy atom. The summed E-state index contributed by atoms with van der Waals surface area (Å²) in [5.74, 6) is 1.47. The van der Waals surface area contributed by atoms with Gasteiger partial charge in [-0.2, -0.15) is 0 Å². The molecular weight excluding hydrogens is 262 g/mol. The number of para-hydroxylation sites is 1. The third kappa shape index (κ3) is 2.12. The normalized spacial score (nSPS) is 14.3. The molecule has 0 spiro atoms. The molecule has 1 aliphatic heterocycles. The van der Waals surface area contributed by atoms with Crippen LogP contribution in [0.5, 0.6) is 0 Å². The van der Waals surface area contributed by atoms with Gasteiger partial charge < -0.3 is 9.73 Å². The van der Waals surface area contributed by atoms with Gasteiger partial charge >= 0.3 is 0 Å². The van der Waals surface area contributed by atoms with E-state index in [0.29, 0.717) is 5.82 Å². The molecule has 0 saturated heterocycles. The Morgan fingerprint density at radius 2 is 2.14 bits per heavy atom. The van der Waals surface area contributed by atoms with Crippen LogP contribution in [-0.2, 0) is 19.4 Å². The first kappa shape index (κ1) is 12.5. The fraction of sp³-hybridized carbons (Fsp3) is 0.294. The second-order valence-electron chi connectivity index (χ2n) is 5.35. The molecule has 0 radical (unpaired) electrons. The number of hydrogen-bond donors (Lipinski definition) is 1. The van der Waals surface area contributed by atoms with Crippen LogP contribution in [-0.4, -0.2) is 16.5 Å². The SMILES string of the molecule is CCc1nc(-c2cc3ccccc3o2)nc2c1CNCC2. The van der Waals surface area contributed by atoms with E-state index >= 15 is 0 Å². The molecule has 0 fully saturated rings. The van der Waals surface area contributed by atoms with E-state index in [0.717, 1.165) is 54.0 Å². The van der Waals surface area contributed by atoms with Crippen LogP contribution in [0.15, 0.2) is 34.7 Å². The fourth-order valence-corrected chi connectivity index (χ4v) is 2.91. The highest BCUT2D eigenvalue weighted by Crippen LogP contribution is 2.27. The predicted molar refractivity (Wildman–Crippen MR) is 82.0 cm³/mol. The maximum absolute atomic E-state index is 5.90. The zero-order valence-electron chi connectivity index (χ0n) is 12.0. The van der Waals surface area contributed by atoms with E-state index in [9.17, 15) is 0 Å². The average molecular weight is 279 g/mol. The molecule has 0 bridgehead atoms. The first-order valence-corrected chi connectivity index (χ1v) is 7.43. The van der Waals surface area contributed by atoms with Gasteiger partial charge in [-0.3, -0.25) is 0 Å². The van der Waals surface area contributed by atoms with E-state index in [-0.39, 0.29) is 0 Å². The highest BCUT2D eigenvalue weighted by molar-refractivity contribution is 5.81. The molecule has 0 aliphatic carbocycles. The minimum Gasteiger partial charge on any atom is -0.453 e. The molecule has 2 aromatic heterocycles. The zero-order chi connectivity index (χ0) is 14.2. The van der Waals surface area contributed by atoms with Crippen molar-refractivity contribution in [3.05, 3.63) is 47.3 Å². The lowest BCUT2D eigenvalue weighted by molar-refractivity contribution is 0.603. The van der Waals surface area contributed by atoms with Crippen molar-refractivity contribution in [2.24, 2.45) is 0 Å². The van der Waals surface area contributed by atoms with Crippen LogP contribution < -0.4 is 5.32 Å². The van der Waals surface area contributed by atoms with Crippen LogP contribution in [0.25, 0.3) is 22.6 Å². The summed E-state index contributed by atoms with van der Waals surface area (Å²) in [5, 5.41) is 4.48. The van der Waals surface area contributed by atoms with Gasteiger partial charge in [0.2, 0.25) is 0 Å². The summed E-state index contributed by atoms with van der Waals surface area (Å²) < 4.78 is 5.90. The number of fused-ring (bicyclic) bond motifs is 2. The number of hydrogen-bond acceptors (Lipinski definition) is 4. The number of furan rings is 1. The predicted octanol–water partition coefficient (Wildman–Crippen LogP) is 3.10. The minimum atomic E-state index is 0.712. The van der Waals surface area contributed by atoms with Gasteiger partial charge in [-0.05, 0) is 18.6 Å². The van der Waals surface area contributed by atoms with E-state index in [1.54, 1.807) is 0 Å². The average Bonchev–Trinajstić information content (AvgIpc) is 2.98. The standard InChI is InChI=1S/C17H17N3O/c1-2-13-12-10-18-8-7-14(12)20-17(19-13)16-9-11-5-3-4-6-15(11)21-16/h3-6,9,18H,2,7-8,10H2,1H3. The first-order chi connectivity index (χ1) is 10.3. The number of rotatable bonds is 2. The number of aromatic nitrogens is 2. The van der Waals surface area contributed by atoms with Gasteiger partial charge in [-0.1, -0.05) is 25.1 Å². The molecular formula is C17H17N3O. The molecule has 1 aromatic carbocycles. The van der Waals surface area contributed by atoms with Crippen LogP contribution in [0.3, 0.4) is 0 Å². The second kappa shape index (κ2) is 4.97. The molecule has 21 heavy (non-hydrogen) atoms. The summed E-state index contributed by atoms with van der Waals surface area (Å²) in [5.41, 5.74) is 4.44. The van der Waals surface area contributed by atoms with Crippen molar-refractivity contribution >= 4 is 11.0 Å². The smallest absolute Gasteiger partial charge is 0.196 e. The molecule has 1 aliphatic rings. The van der Waals surface area contributed by atoms with Crippen molar-refractivity contribution in [3.8, 4) is 11.6 Å². The van der Waals surface area contributed by atoms with E-state index in [1.807, 2.05) is 30.3 Å². The lowest BCUT2D eigenvalue weighted by atomic mass is 10.0.